The summed E-state index contributed by atoms with van der Waals surface area (Å²) in [6.07, 6.45) is 5.55. The Morgan fingerprint density at radius 1 is 1.47 bits per heavy atom. The Morgan fingerprint density at radius 2 is 2.33 bits per heavy atom. The molecule has 1 aliphatic rings. The van der Waals surface area contributed by atoms with Crippen LogP contribution in [-0.2, 0) is 4.74 Å². The fraction of sp³-hybridized carbons (Fsp3) is 0.636. The zero-order chi connectivity index (χ0) is 10.7. The number of nitrogens with zero attached hydrogens (tertiary/aromatic N) is 2. The summed E-state index contributed by atoms with van der Waals surface area (Å²) in [5.74, 6) is 0.712. The lowest BCUT2D eigenvalue weighted by molar-refractivity contribution is 0.101. The van der Waals surface area contributed by atoms with E-state index in [4.69, 9.17) is 4.74 Å². The number of methoxy groups -OCH3 is 1. The second-order valence-electron chi connectivity index (χ2n) is 3.98. The van der Waals surface area contributed by atoms with Crippen molar-refractivity contribution in [1.29, 1.82) is 0 Å². The third-order valence-electron chi connectivity index (χ3n) is 2.86. The van der Waals surface area contributed by atoms with Gasteiger partial charge in [0.2, 0.25) is 5.95 Å². The van der Waals surface area contributed by atoms with E-state index in [1.54, 1.807) is 13.3 Å². The molecule has 1 fully saturated rings. The molecular formula is C11H17N3O. The van der Waals surface area contributed by atoms with Gasteiger partial charge in [-0.3, -0.25) is 0 Å². The first kappa shape index (κ1) is 10.4. The summed E-state index contributed by atoms with van der Waals surface area (Å²) in [7, 11) is 1.77. The van der Waals surface area contributed by atoms with Crippen molar-refractivity contribution in [2.24, 2.45) is 0 Å². The highest BCUT2D eigenvalue weighted by molar-refractivity contribution is 5.27. The van der Waals surface area contributed by atoms with Gasteiger partial charge < -0.3 is 10.1 Å². The highest BCUT2D eigenvalue weighted by atomic mass is 16.5. The average molecular weight is 207 g/mol. The van der Waals surface area contributed by atoms with E-state index in [1.807, 2.05) is 13.0 Å². The molecule has 4 heteroatoms. The monoisotopic (exact) mass is 207 g/mol. The van der Waals surface area contributed by atoms with Gasteiger partial charge in [-0.25, -0.2) is 9.97 Å². The summed E-state index contributed by atoms with van der Waals surface area (Å²) < 4.78 is 5.41. The molecular weight excluding hydrogens is 190 g/mol. The second-order valence-corrected chi connectivity index (χ2v) is 3.98. The van der Waals surface area contributed by atoms with E-state index < -0.39 is 0 Å². The van der Waals surface area contributed by atoms with E-state index in [-0.39, 0.29) is 0 Å². The van der Waals surface area contributed by atoms with E-state index in [0.29, 0.717) is 18.1 Å². The van der Waals surface area contributed by atoms with Crippen LogP contribution < -0.4 is 5.32 Å². The molecule has 0 amide bonds. The van der Waals surface area contributed by atoms with Gasteiger partial charge in [0.1, 0.15) is 0 Å². The molecule has 1 N–H and O–H groups in total. The molecule has 0 aliphatic heterocycles. The lowest BCUT2D eigenvalue weighted by Crippen LogP contribution is -2.30. The topological polar surface area (TPSA) is 47.0 Å². The number of hydrogen-bond donors (Lipinski definition) is 1. The minimum absolute atomic E-state index is 0.300. The number of hydrogen-bond acceptors (Lipinski definition) is 4. The van der Waals surface area contributed by atoms with Crippen LogP contribution >= 0.6 is 0 Å². The first-order chi connectivity index (χ1) is 7.29. The molecule has 0 saturated heterocycles. The van der Waals surface area contributed by atoms with E-state index in [0.717, 1.165) is 18.5 Å². The zero-order valence-corrected chi connectivity index (χ0v) is 9.23. The predicted octanol–water partition coefficient (Wildman–Crippen LogP) is 1.76. The highest BCUT2D eigenvalue weighted by Crippen LogP contribution is 2.23. The Bertz CT molecular complexity index is 329. The Balaban J connectivity index is 2.02. The van der Waals surface area contributed by atoms with Gasteiger partial charge in [0.25, 0.3) is 0 Å². The molecule has 0 aromatic carbocycles. The van der Waals surface area contributed by atoms with Crippen LogP contribution in [0, 0.1) is 6.92 Å². The van der Waals surface area contributed by atoms with Gasteiger partial charge in [-0.15, -0.1) is 0 Å². The van der Waals surface area contributed by atoms with Crippen molar-refractivity contribution in [2.75, 3.05) is 12.4 Å². The maximum Gasteiger partial charge on any atom is 0.223 e. The molecule has 2 unspecified atom stereocenters. The molecule has 2 rings (SSSR count). The van der Waals surface area contributed by atoms with Gasteiger partial charge in [-0.1, -0.05) is 0 Å². The minimum Gasteiger partial charge on any atom is -0.379 e. The average Bonchev–Trinajstić information content (AvgIpc) is 2.65. The third kappa shape index (κ3) is 2.45. The summed E-state index contributed by atoms with van der Waals surface area (Å²) in [5, 5.41) is 3.34. The minimum atomic E-state index is 0.300. The van der Waals surface area contributed by atoms with Crippen LogP contribution in [0.1, 0.15) is 25.0 Å². The van der Waals surface area contributed by atoms with Crippen LogP contribution in [-0.4, -0.2) is 29.2 Å². The van der Waals surface area contributed by atoms with Crippen LogP contribution in [0.25, 0.3) is 0 Å². The summed E-state index contributed by atoms with van der Waals surface area (Å²) >= 11 is 0. The van der Waals surface area contributed by atoms with Crippen LogP contribution in [0.3, 0.4) is 0 Å². The lowest BCUT2D eigenvalue weighted by atomic mass is 10.2. The van der Waals surface area contributed by atoms with Crippen LogP contribution in [0.5, 0.6) is 0 Å². The second kappa shape index (κ2) is 4.57. The SMILES string of the molecule is COC1CCCC1Nc1nccc(C)n1. The molecule has 0 radical (unpaired) electrons. The van der Waals surface area contributed by atoms with Crippen molar-refractivity contribution >= 4 is 5.95 Å². The Hall–Kier alpha value is -1.16. The maximum atomic E-state index is 5.41. The molecule has 0 spiro atoms. The molecule has 1 aromatic heterocycles. The number of nitrogens with one attached hydrogen (secondary N) is 1. The van der Waals surface area contributed by atoms with Gasteiger partial charge >= 0.3 is 0 Å². The van der Waals surface area contributed by atoms with Crippen LogP contribution in [0.2, 0.25) is 0 Å². The van der Waals surface area contributed by atoms with E-state index >= 15 is 0 Å². The van der Waals surface area contributed by atoms with Gasteiger partial charge in [0, 0.05) is 19.0 Å². The van der Waals surface area contributed by atoms with Gasteiger partial charge in [-0.2, -0.15) is 0 Å². The Kier molecular flexibility index (Phi) is 3.16. The fourth-order valence-electron chi connectivity index (χ4n) is 2.06. The standard InChI is InChI=1S/C11H17N3O/c1-8-6-7-12-11(13-8)14-9-4-3-5-10(9)15-2/h6-7,9-10H,3-5H2,1-2H3,(H,12,13,14). The number of rotatable bonds is 3. The third-order valence-corrected chi connectivity index (χ3v) is 2.86. The number of anilines is 1. The number of ether oxygens (including phenoxy) is 1. The summed E-state index contributed by atoms with van der Waals surface area (Å²) in [6, 6.07) is 2.25. The Labute approximate surface area is 90.1 Å². The van der Waals surface area contributed by atoms with Gasteiger partial charge in [0.05, 0.1) is 12.1 Å². The highest BCUT2D eigenvalue weighted by Gasteiger charge is 2.27. The zero-order valence-electron chi connectivity index (χ0n) is 9.23. The first-order valence-electron chi connectivity index (χ1n) is 5.38. The largest absolute Gasteiger partial charge is 0.379 e. The molecule has 15 heavy (non-hydrogen) atoms. The first-order valence-corrected chi connectivity index (χ1v) is 5.38. The van der Waals surface area contributed by atoms with E-state index in [2.05, 4.69) is 15.3 Å². The summed E-state index contributed by atoms with van der Waals surface area (Å²) in [4.78, 5) is 8.52. The number of aromatic nitrogens is 2. The van der Waals surface area contributed by atoms with Crippen molar-refractivity contribution in [3.63, 3.8) is 0 Å². The van der Waals surface area contributed by atoms with Gasteiger partial charge in [-0.05, 0) is 32.3 Å². The van der Waals surface area contributed by atoms with Crippen molar-refractivity contribution in [1.82, 2.24) is 9.97 Å². The van der Waals surface area contributed by atoms with Crippen molar-refractivity contribution in [3.05, 3.63) is 18.0 Å². The van der Waals surface area contributed by atoms with Crippen LogP contribution in [0.15, 0.2) is 12.3 Å². The smallest absolute Gasteiger partial charge is 0.223 e. The quantitative estimate of drug-likeness (QED) is 0.820. The molecule has 2 atom stereocenters. The summed E-state index contributed by atoms with van der Waals surface area (Å²) in [6.45, 7) is 1.97. The number of aryl methyl sites for hydroxylation is 1. The predicted molar refractivity (Wildman–Crippen MR) is 58.8 cm³/mol. The van der Waals surface area contributed by atoms with Crippen LogP contribution in [0.4, 0.5) is 5.95 Å². The fourth-order valence-corrected chi connectivity index (χ4v) is 2.06. The molecule has 1 heterocycles. The summed E-state index contributed by atoms with van der Waals surface area (Å²) in [5.41, 5.74) is 0.986. The molecule has 82 valence electrons. The van der Waals surface area contributed by atoms with E-state index in [1.165, 1.54) is 6.42 Å². The van der Waals surface area contributed by atoms with Crippen molar-refractivity contribution in [3.8, 4) is 0 Å². The Morgan fingerprint density at radius 3 is 3.07 bits per heavy atom. The maximum absolute atomic E-state index is 5.41. The lowest BCUT2D eigenvalue weighted by Gasteiger charge is -2.19. The van der Waals surface area contributed by atoms with Crippen molar-refractivity contribution in [2.45, 2.75) is 38.3 Å². The molecule has 1 saturated carbocycles. The molecule has 1 aliphatic carbocycles. The van der Waals surface area contributed by atoms with E-state index in [9.17, 15) is 0 Å². The molecule has 0 bridgehead atoms. The molecule has 1 aromatic rings. The van der Waals surface area contributed by atoms with Crippen molar-refractivity contribution < 1.29 is 4.74 Å². The molecule has 4 nitrogen and oxygen atoms in total. The van der Waals surface area contributed by atoms with Gasteiger partial charge in [0.15, 0.2) is 0 Å². The normalized spacial score (nSPS) is 25.5.